The molecular formula is C24H23ClN6O3S. The minimum Gasteiger partial charge on any atom is -0.345 e. The van der Waals surface area contributed by atoms with Crippen molar-refractivity contribution in [3.63, 3.8) is 0 Å². The molecule has 0 unspecified atom stereocenters. The van der Waals surface area contributed by atoms with E-state index in [0.717, 1.165) is 27.9 Å². The molecule has 5 rings (SSSR count). The van der Waals surface area contributed by atoms with Gasteiger partial charge in [0, 0.05) is 71.4 Å². The van der Waals surface area contributed by atoms with Crippen molar-refractivity contribution in [2.24, 2.45) is 0 Å². The van der Waals surface area contributed by atoms with Gasteiger partial charge in [-0.15, -0.1) is 0 Å². The summed E-state index contributed by atoms with van der Waals surface area (Å²) in [6, 6.07) is 10.6. The number of halogens is 1. The van der Waals surface area contributed by atoms with Crippen LogP contribution in [-0.2, 0) is 10.0 Å². The van der Waals surface area contributed by atoms with Gasteiger partial charge in [-0.05, 0) is 55.8 Å². The zero-order valence-corrected chi connectivity index (χ0v) is 20.8. The fourth-order valence-electron chi connectivity index (χ4n) is 4.22. The molecule has 1 amide bonds. The van der Waals surface area contributed by atoms with Crippen LogP contribution in [0, 0.1) is 13.8 Å². The summed E-state index contributed by atoms with van der Waals surface area (Å²) in [6.45, 7) is 4.69. The lowest BCUT2D eigenvalue weighted by Crippen LogP contribution is -2.50. The molecule has 1 aromatic carbocycles. The highest BCUT2D eigenvalue weighted by Crippen LogP contribution is 2.25. The molecule has 4 aromatic rings. The quantitative estimate of drug-likeness (QED) is 0.450. The van der Waals surface area contributed by atoms with E-state index in [1.807, 2.05) is 26.0 Å². The number of aromatic nitrogens is 4. The van der Waals surface area contributed by atoms with Crippen LogP contribution in [0.5, 0.6) is 0 Å². The van der Waals surface area contributed by atoms with E-state index in [9.17, 15) is 13.2 Å². The van der Waals surface area contributed by atoms with E-state index >= 15 is 0 Å². The molecule has 0 atom stereocenters. The zero-order valence-electron chi connectivity index (χ0n) is 19.2. The first kappa shape index (κ1) is 23.4. The molecule has 0 bridgehead atoms. The average Bonchev–Trinajstić information content (AvgIpc) is 3.27. The SMILES string of the molecule is Cc1cc(-c2cnc(C(=O)N3CCN(S(=O)(=O)c4cc5cc(Cl)ccc5[nH]4)CC3)nc2)cc(C)n1. The standard InChI is InChI=1S/C24H23ClN6O3S/c1-15-9-17(10-16(2)28-15)19-13-26-23(27-14-19)24(32)30-5-7-31(8-6-30)35(33,34)22-12-18-11-20(25)3-4-21(18)29-22/h3-4,9-14,29H,5-8H2,1-2H3. The van der Waals surface area contributed by atoms with Gasteiger partial charge in [-0.3, -0.25) is 9.78 Å². The molecule has 1 fully saturated rings. The summed E-state index contributed by atoms with van der Waals surface area (Å²) in [4.78, 5) is 30.4. The molecule has 35 heavy (non-hydrogen) atoms. The van der Waals surface area contributed by atoms with Crippen LogP contribution in [0.4, 0.5) is 0 Å². The first-order chi connectivity index (χ1) is 16.7. The molecule has 1 saturated heterocycles. The number of benzene rings is 1. The van der Waals surface area contributed by atoms with E-state index in [0.29, 0.717) is 10.5 Å². The second-order valence-corrected chi connectivity index (χ2v) is 10.8. The number of rotatable bonds is 4. The highest BCUT2D eigenvalue weighted by atomic mass is 35.5. The number of fused-ring (bicyclic) bond motifs is 1. The van der Waals surface area contributed by atoms with Gasteiger partial charge in [0.05, 0.1) is 0 Å². The molecule has 0 aliphatic carbocycles. The van der Waals surface area contributed by atoms with Gasteiger partial charge in [0.25, 0.3) is 15.9 Å². The number of pyridine rings is 1. The summed E-state index contributed by atoms with van der Waals surface area (Å²) in [5, 5.41) is 1.37. The molecule has 1 aliphatic heterocycles. The third-order valence-electron chi connectivity index (χ3n) is 5.96. The van der Waals surface area contributed by atoms with Crippen molar-refractivity contribution in [1.29, 1.82) is 0 Å². The van der Waals surface area contributed by atoms with Gasteiger partial charge in [0.1, 0.15) is 5.03 Å². The summed E-state index contributed by atoms with van der Waals surface area (Å²) in [5.41, 5.74) is 4.21. The third kappa shape index (κ3) is 4.64. The molecule has 4 heterocycles. The largest absolute Gasteiger partial charge is 0.345 e. The first-order valence-electron chi connectivity index (χ1n) is 11.1. The van der Waals surface area contributed by atoms with E-state index in [1.165, 1.54) is 4.31 Å². The van der Waals surface area contributed by atoms with Crippen LogP contribution in [-0.4, -0.2) is 69.6 Å². The van der Waals surface area contributed by atoms with Gasteiger partial charge in [0.2, 0.25) is 5.82 Å². The number of hydrogen-bond donors (Lipinski definition) is 1. The minimum atomic E-state index is -3.73. The number of H-pyrrole nitrogens is 1. The Morgan fingerprint density at radius 3 is 2.26 bits per heavy atom. The molecule has 0 saturated carbocycles. The van der Waals surface area contributed by atoms with Crippen molar-refractivity contribution >= 4 is 38.4 Å². The molecule has 9 nitrogen and oxygen atoms in total. The number of aryl methyl sites for hydroxylation is 2. The van der Waals surface area contributed by atoms with Crippen molar-refractivity contribution in [3.05, 3.63) is 71.0 Å². The molecule has 1 aliphatic rings. The Kier molecular flexibility index (Phi) is 6.04. The Hall–Kier alpha value is -3.34. The van der Waals surface area contributed by atoms with Crippen LogP contribution in [0.1, 0.15) is 22.0 Å². The maximum Gasteiger partial charge on any atom is 0.291 e. The topological polar surface area (TPSA) is 112 Å². The number of aromatic amines is 1. The van der Waals surface area contributed by atoms with Crippen molar-refractivity contribution in [2.45, 2.75) is 18.9 Å². The Morgan fingerprint density at radius 2 is 1.60 bits per heavy atom. The predicted octanol–water partition coefficient (Wildman–Crippen LogP) is 3.44. The smallest absolute Gasteiger partial charge is 0.291 e. The maximum absolute atomic E-state index is 13.1. The zero-order chi connectivity index (χ0) is 24.7. The lowest BCUT2D eigenvalue weighted by Gasteiger charge is -2.33. The second-order valence-electron chi connectivity index (χ2n) is 8.50. The normalized spacial score (nSPS) is 15.0. The summed E-state index contributed by atoms with van der Waals surface area (Å²) < 4.78 is 27.7. The van der Waals surface area contributed by atoms with E-state index < -0.39 is 10.0 Å². The fourth-order valence-corrected chi connectivity index (χ4v) is 5.83. The molecule has 1 N–H and O–H groups in total. The summed E-state index contributed by atoms with van der Waals surface area (Å²) in [5.74, 6) is -0.240. The predicted molar refractivity (Wildman–Crippen MR) is 133 cm³/mol. The molecule has 180 valence electrons. The van der Waals surface area contributed by atoms with E-state index in [2.05, 4.69) is 19.9 Å². The minimum absolute atomic E-state index is 0.0834. The summed E-state index contributed by atoms with van der Waals surface area (Å²) >= 11 is 6.02. The van der Waals surface area contributed by atoms with Crippen LogP contribution < -0.4 is 0 Å². The molecule has 11 heteroatoms. The second kappa shape index (κ2) is 9.03. The van der Waals surface area contributed by atoms with Crippen LogP contribution in [0.2, 0.25) is 5.02 Å². The molecular weight excluding hydrogens is 488 g/mol. The van der Waals surface area contributed by atoms with Crippen LogP contribution in [0.3, 0.4) is 0 Å². The Bertz CT molecular complexity index is 1510. The van der Waals surface area contributed by atoms with Crippen LogP contribution in [0.15, 0.2) is 53.8 Å². The van der Waals surface area contributed by atoms with Crippen LogP contribution in [0.25, 0.3) is 22.0 Å². The van der Waals surface area contributed by atoms with E-state index in [-0.39, 0.29) is 42.9 Å². The number of sulfonamides is 1. The monoisotopic (exact) mass is 510 g/mol. The highest BCUT2D eigenvalue weighted by Gasteiger charge is 2.32. The Balaban J connectivity index is 1.26. The van der Waals surface area contributed by atoms with E-state index in [4.69, 9.17) is 11.6 Å². The lowest BCUT2D eigenvalue weighted by molar-refractivity contribution is 0.0685. The Morgan fingerprint density at radius 1 is 0.943 bits per heavy atom. The molecule has 3 aromatic heterocycles. The summed E-state index contributed by atoms with van der Waals surface area (Å²) in [6.07, 6.45) is 3.24. The number of nitrogens with one attached hydrogen (secondary N) is 1. The lowest BCUT2D eigenvalue weighted by atomic mass is 10.1. The van der Waals surface area contributed by atoms with Gasteiger partial charge in [-0.25, -0.2) is 18.4 Å². The number of carbonyl (C=O) groups is 1. The van der Waals surface area contributed by atoms with Crippen molar-refractivity contribution in [2.75, 3.05) is 26.2 Å². The maximum atomic E-state index is 13.1. The van der Waals surface area contributed by atoms with Gasteiger partial charge < -0.3 is 9.88 Å². The fraction of sp³-hybridized carbons (Fsp3) is 0.250. The number of amides is 1. The number of piperazine rings is 1. The van der Waals surface area contributed by atoms with Crippen LogP contribution >= 0.6 is 11.6 Å². The van der Waals surface area contributed by atoms with E-state index in [1.54, 1.807) is 41.6 Å². The van der Waals surface area contributed by atoms with Gasteiger partial charge >= 0.3 is 0 Å². The number of nitrogens with zero attached hydrogens (tertiary/aromatic N) is 5. The number of hydrogen-bond acceptors (Lipinski definition) is 6. The number of carbonyl (C=O) groups excluding carboxylic acids is 1. The third-order valence-corrected chi connectivity index (χ3v) is 8.02. The first-order valence-corrected chi connectivity index (χ1v) is 12.9. The van der Waals surface area contributed by atoms with Gasteiger partial charge in [0.15, 0.2) is 0 Å². The van der Waals surface area contributed by atoms with Crippen molar-refractivity contribution < 1.29 is 13.2 Å². The average molecular weight is 511 g/mol. The Labute approximate surface area is 207 Å². The van der Waals surface area contributed by atoms with Crippen molar-refractivity contribution in [1.82, 2.24) is 29.1 Å². The van der Waals surface area contributed by atoms with Gasteiger partial charge in [-0.1, -0.05) is 11.6 Å². The van der Waals surface area contributed by atoms with Gasteiger partial charge in [-0.2, -0.15) is 4.31 Å². The van der Waals surface area contributed by atoms with Crippen molar-refractivity contribution in [3.8, 4) is 11.1 Å². The highest BCUT2D eigenvalue weighted by molar-refractivity contribution is 7.89. The molecule has 0 spiro atoms. The molecule has 0 radical (unpaired) electrons. The summed E-state index contributed by atoms with van der Waals surface area (Å²) in [7, 11) is -3.73.